The molecule has 1 aromatic carbocycles. The van der Waals surface area contributed by atoms with Crippen LogP contribution in [-0.4, -0.2) is 16.9 Å². The monoisotopic (exact) mass is 366 g/mol. The summed E-state index contributed by atoms with van der Waals surface area (Å²) in [6.07, 6.45) is 1.45. The Kier molecular flexibility index (Phi) is 4.25. The quantitative estimate of drug-likeness (QED) is 0.503. The number of halogens is 2. The van der Waals surface area contributed by atoms with Gasteiger partial charge in [0.25, 0.3) is 11.8 Å². The van der Waals surface area contributed by atoms with E-state index in [1.807, 2.05) is 0 Å². The van der Waals surface area contributed by atoms with Gasteiger partial charge in [-0.1, -0.05) is 11.6 Å². The van der Waals surface area contributed by atoms with Crippen molar-refractivity contribution in [2.24, 2.45) is 0 Å². The number of benzene rings is 1. The Balaban J connectivity index is 2.00. The molecule has 23 heavy (non-hydrogen) atoms. The van der Waals surface area contributed by atoms with Gasteiger partial charge in [-0.2, -0.15) is 0 Å². The van der Waals surface area contributed by atoms with Gasteiger partial charge in [0, 0.05) is 4.88 Å². The van der Waals surface area contributed by atoms with Crippen molar-refractivity contribution in [3.05, 3.63) is 57.0 Å². The first kappa shape index (κ1) is 15.8. The molecule has 4 nitrogen and oxygen atoms in total. The van der Waals surface area contributed by atoms with Crippen molar-refractivity contribution in [1.82, 2.24) is 5.32 Å². The van der Waals surface area contributed by atoms with Gasteiger partial charge in [0.15, 0.2) is 5.11 Å². The number of nitrogens with one attached hydrogen (secondary N) is 1. The number of nitrogens with zero attached hydrogens (tertiary/aromatic N) is 1. The second-order valence-corrected chi connectivity index (χ2v) is 6.71. The average Bonchev–Trinajstić information content (AvgIpc) is 2.91. The molecule has 0 unspecified atom stereocenters. The zero-order chi connectivity index (χ0) is 16.6. The molecule has 1 saturated heterocycles. The van der Waals surface area contributed by atoms with E-state index < -0.39 is 17.6 Å². The lowest BCUT2D eigenvalue weighted by Crippen LogP contribution is -2.54. The lowest BCUT2D eigenvalue weighted by atomic mass is 10.1. The Morgan fingerprint density at radius 3 is 2.48 bits per heavy atom. The molecule has 2 heterocycles. The standard InChI is InChI=1S/C15H8ClFN2O2S2/c16-12-6-5-10(23-12)7-11-13(20)18-15(22)19(14(11)21)9-3-1-8(17)2-4-9/h1-7H,(H,18,20,22). The third kappa shape index (κ3) is 3.17. The summed E-state index contributed by atoms with van der Waals surface area (Å²) in [4.78, 5) is 26.5. The minimum atomic E-state index is -0.581. The SMILES string of the molecule is O=C1NC(=S)N(c2ccc(F)cc2)C(=O)C1=Cc1ccc(Cl)s1. The third-order valence-corrected chi connectivity index (χ3v) is 4.53. The second kappa shape index (κ2) is 6.19. The maximum Gasteiger partial charge on any atom is 0.270 e. The summed E-state index contributed by atoms with van der Waals surface area (Å²) in [5.74, 6) is -1.59. The molecule has 1 aliphatic heterocycles. The molecule has 1 N–H and O–H groups in total. The van der Waals surface area contributed by atoms with Crippen LogP contribution in [0.5, 0.6) is 0 Å². The van der Waals surface area contributed by atoms with Crippen LogP contribution in [0.2, 0.25) is 4.34 Å². The number of amides is 2. The Hall–Kier alpha value is -2.09. The molecule has 0 radical (unpaired) electrons. The van der Waals surface area contributed by atoms with Crippen LogP contribution < -0.4 is 10.2 Å². The van der Waals surface area contributed by atoms with E-state index >= 15 is 0 Å². The van der Waals surface area contributed by atoms with Gasteiger partial charge < -0.3 is 0 Å². The fourth-order valence-electron chi connectivity index (χ4n) is 2.03. The van der Waals surface area contributed by atoms with Crippen molar-refractivity contribution in [3.63, 3.8) is 0 Å². The molecule has 0 atom stereocenters. The highest BCUT2D eigenvalue weighted by Crippen LogP contribution is 2.26. The molecule has 2 aromatic rings. The van der Waals surface area contributed by atoms with Crippen molar-refractivity contribution < 1.29 is 14.0 Å². The highest BCUT2D eigenvalue weighted by Gasteiger charge is 2.34. The average molecular weight is 367 g/mol. The van der Waals surface area contributed by atoms with Crippen LogP contribution >= 0.6 is 35.2 Å². The minimum Gasteiger partial charge on any atom is -0.298 e. The molecule has 8 heteroatoms. The van der Waals surface area contributed by atoms with Gasteiger partial charge in [-0.3, -0.25) is 19.8 Å². The van der Waals surface area contributed by atoms with Crippen LogP contribution in [0, 0.1) is 5.82 Å². The summed E-state index contributed by atoms with van der Waals surface area (Å²) in [5.41, 5.74) is 0.304. The minimum absolute atomic E-state index is 0.0482. The predicted octanol–water partition coefficient (Wildman–Crippen LogP) is 3.37. The number of carbonyl (C=O) groups excluding carboxylic acids is 2. The number of hydrogen-bond donors (Lipinski definition) is 1. The van der Waals surface area contributed by atoms with E-state index in [-0.39, 0.29) is 10.7 Å². The topological polar surface area (TPSA) is 49.4 Å². The summed E-state index contributed by atoms with van der Waals surface area (Å²) in [7, 11) is 0. The van der Waals surface area contributed by atoms with Gasteiger partial charge in [0.1, 0.15) is 11.4 Å². The largest absolute Gasteiger partial charge is 0.298 e. The van der Waals surface area contributed by atoms with Crippen LogP contribution in [0.4, 0.5) is 10.1 Å². The third-order valence-electron chi connectivity index (χ3n) is 3.07. The fraction of sp³-hybridized carbons (Fsp3) is 0. The number of thiophene rings is 1. The highest BCUT2D eigenvalue weighted by atomic mass is 35.5. The zero-order valence-electron chi connectivity index (χ0n) is 11.4. The molecular formula is C15H8ClFN2O2S2. The molecule has 3 rings (SSSR count). The van der Waals surface area contributed by atoms with Crippen LogP contribution in [-0.2, 0) is 9.59 Å². The second-order valence-electron chi connectivity index (χ2n) is 4.58. The predicted molar refractivity (Wildman–Crippen MR) is 91.9 cm³/mol. The molecule has 116 valence electrons. The highest BCUT2D eigenvalue weighted by molar-refractivity contribution is 7.80. The Morgan fingerprint density at radius 1 is 1.17 bits per heavy atom. The van der Waals surface area contributed by atoms with Gasteiger partial charge in [0.2, 0.25) is 0 Å². The van der Waals surface area contributed by atoms with Crippen LogP contribution in [0.1, 0.15) is 4.88 Å². The van der Waals surface area contributed by atoms with E-state index in [4.69, 9.17) is 23.8 Å². The summed E-state index contributed by atoms with van der Waals surface area (Å²) in [5, 5.41) is 2.41. The Labute approximate surface area is 145 Å². The zero-order valence-corrected chi connectivity index (χ0v) is 13.8. The molecular weight excluding hydrogens is 359 g/mol. The molecule has 0 saturated carbocycles. The lowest BCUT2D eigenvalue weighted by Gasteiger charge is -2.28. The van der Waals surface area contributed by atoms with Gasteiger partial charge in [-0.25, -0.2) is 4.39 Å². The lowest BCUT2D eigenvalue weighted by molar-refractivity contribution is -0.122. The van der Waals surface area contributed by atoms with Crippen molar-refractivity contribution in [3.8, 4) is 0 Å². The summed E-state index contributed by atoms with van der Waals surface area (Å²) >= 11 is 12.1. The molecule has 1 fully saturated rings. The number of thiocarbonyl (C=S) groups is 1. The van der Waals surface area contributed by atoms with E-state index in [2.05, 4.69) is 5.32 Å². The summed E-state index contributed by atoms with van der Waals surface area (Å²) in [6, 6.07) is 8.63. The first-order valence-electron chi connectivity index (χ1n) is 6.38. The fourth-order valence-corrected chi connectivity index (χ4v) is 3.32. The van der Waals surface area contributed by atoms with Crippen LogP contribution in [0.3, 0.4) is 0 Å². The van der Waals surface area contributed by atoms with Crippen molar-refractivity contribution >= 4 is 63.8 Å². The van der Waals surface area contributed by atoms with Crippen molar-refractivity contribution in [2.75, 3.05) is 4.90 Å². The number of rotatable bonds is 2. The van der Waals surface area contributed by atoms with E-state index in [0.29, 0.717) is 14.9 Å². The van der Waals surface area contributed by atoms with E-state index in [1.54, 1.807) is 12.1 Å². The van der Waals surface area contributed by atoms with Crippen molar-refractivity contribution in [1.29, 1.82) is 0 Å². The molecule has 1 aromatic heterocycles. The molecule has 0 aliphatic carbocycles. The number of carbonyl (C=O) groups is 2. The smallest absolute Gasteiger partial charge is 0.270 e. The van der Waals surface area contributed by atoms with Crippen molar-refractivity contribution in [2.45, 2.75) is 0 Å². The normalized spacial score (nSPS) is 16.9. The molecule has 2 amide bonds. The summed E-state index contributed by atoms with van der Waals surface area (Å²) < 4.78 is 13.6. The maximum atomic E-state index is 13.0. The first-order valence-corrected chi connectivity index (χ1v) is 7.98. The van der Waals surface area contributed by atoms with Gasteiger partial charge in [-0.05, 0) is 54.7 Å². The first-order chi connectivity index (χ1) is 11.0. The maximum absolute atomic E-state index is 13.0. The molecule has 0 bridgehead atoms. The van der Waals surface area contributed by atoms with E-state index in [0.717, 1.165) is 4.90 Å². The molecule has 0 spiro atoms. The van der Waals surface area contributed by atoms with Crippen LogP contribution in [0.15, 0.2) is 42.0 Å². The number of hydrogen-bond acceptors (Lipinski definition) is 4. The Bertz CT molecular complexity index is 845. The van der Waals surface area contributed by atoms with Gasteiger partial charge in [-0.15, -0.1) is 11.3 Å². The molecule has 1 aliphatic rings. The van der Waals surface area contributed by atoms with E-state index in [1.165, 1.54) is 41.7 Å². The van der Waals surface area contributed by atoms with Crippen LogP contribution in [0.25, 0.3) is 6.08 Å². The van der Waals surface area contributed by atoms with Gasteiger partial charge >= 0.3 is 0 Å². The van der Waals surface area contributed by atoms with Gasteiger partial charge in [0.05, 0.1) is 10.0 Å². The van der Waals surface area contributed by atoms with E-state index in [9.17, 15) is 14.0 Å². The summed E-state index contributed by atoms with van der Waals surface area (Å²) in [6.45, 7) is 0. The number of anilines is 1. The Morgan fingerprint density at radius 2 is 1.87 bits per heavy atom.